The fraction of sp³-hybridized carbons (Fsp3) is 0.120. The zero-order chi connectivity index (χ0) is 23.9. The van der Waals surface area contributed by atoms with E-state index in [1.807, 2.05) is 6.92 Å². The van der Waals surface area contributed by atoms with Crippen LogP contribution >= 0.6 is 0 Å². The van der Waals surface area contributed by atoms with Crippen molar-refractivity contribution in [3.05, 3.63) is 96.2 Å². The van der Waals surface area contributed by atoms with Crippen LogP contribution in [-0.4, -0.2) is 39.9 Å². The lowest BCUT2D eigenvalue weighted by Gasteiger charge is -2.21. The van der Waals surface area contributed by atoms with Gasteiger partial charge in [-0.05, 0) is 48.5 Å². The average Bonchev–Trinajstić information content (AvgIpc) is 2.86. The first kappa shape index (κ1) is 22.5. The standard InChI is InChI=1S/C25H22N6O3/c1-16-15-28-11-6-22(16)31-25(34)19-13-17(23(32)29-20-2-7-26-8-3-20)12-18(14-19)24(33)30-21-4-9-27-10-5-21/h2-16,22H,1H3,(H,31,34)(H,26,29,32)(H,27,30,33). The van der Waals surface area contributed by atoms with Gasteiger partial charge >= 0.3 is 0 Å². The molecule has 170 valence electrons. The lowest BCUT2D eigenvalue weighted by Crippen LogP contribution is -2.39. The molecule has 0 radical (unpaired) electrons. The molecule has 0 bridgehead atoms. The molecular formula is C25H22N6O3. The van der Waals surface area contributed by atoms with Crippen LogP contribution in [0.1, 0.15) is 38.0 Å². The molecule has 3 heterocycles. The van der Waals surface area contributed by atoms with Crippen molar-refractivity contribution in [1.82, 2.24) is 15.3 Å². The number of benzene rings is 1. The SMILES string of the molecule is CC1C=NC=CC1NC(=O)c1cc(C(=O)Nc2ccncc2)cc(C(=O)Nc2ccncc2)c1. The number of aromatic nitrogens is 2. The van der Waals surface area contributed by atoms with Crippen molar-refractivity contribution in [3.8, 4) is 0 Å². The van der Waals surface area contributed by atoms with E-state index in [1.54, 1.807) is 67.5 Å². The number of carbonyl (C=O) groups excluding carboxylic acids is 3. The lowest BCUT2D eigenvalue weighted by molar-refractivity contribution is 0.0940. The molecule has 0 spiro atoms. The summed E-state index contributed by atoms with van der Waals surface area (Å²) in [6.45, 7) is 1.93. The van der Waals surface area contributed by atoms with Crippen LogP contribution in [0.4, 0.5) is 11.4 Å². The van der Waals surface area contributed by atoms with Gasteiger partial charge in [-0.1, -0.05) is 6.92 Å². The predicted octanol–water partition coefficient (Wildman–Crippen LogP) is 3.31. The molecule has 3 N–H and O–H groups in total. The molecule has 9 heteroatoms. The Hall–Kier alpha value is -4.66. The third kappa shape index (κ3) is 5.57. The number of nitrogens with zero attached hydrogens (tertiary/aromatic N) is 3. The highest BCUT2D eigenvalue weighted by atomic mass is 16.2. The monoisotopic (exact) mass is 454 g/mol. The van der Waals surface area contributed by atoms with Crippen LogP contribution in [0.25, 0.3) is 0 Å². The van der Waals surface area contributed by atoms with Crippen LogP contribution in [0.15, 0.2) is 84.5 Å². The number of amides is 3. The van der Waals surface area contributed by atoms with Gasteiger partial charge in [-0.25, -0.2) is 0 Å². The van der Waals surface area contributed by atoms with E-state index in [9.17, 15) is 14.4 Å². The van der Waals surface area contributed by atoms with Gasteiger partial charge in [-0.15, -0.1) is 0 Å². The first-order valence-corrected chi connectivity index (χ1v) is 10.6. The number of pyridine rings is 2. The Labute approximate surface area is 196 Å². The molecule has 2 unspecified atom stereocenters. The van der Waals surface area contributed by atoms with E-state index in [0.29, 0.717) is 11.4 Å². The van der Waals surface area contributed by atoms with Crippen LogP contribution in [0.2, 0.25) is 0 Å². The van der Waals surface area contributed by atoms with E-state index >= 15 is 0 Å². The maximum Gasteiger partial charge on any atom is 0.255 e. The number of hydrogen-bond acceptors (Lipinski definition) is 6. The van der Waals surface area contributed by atoms with Gasteiger partial charge in [-0.2, -0.15) is 0 Å². The topological polar surface area (TPSA) is 125 Å². The smallest absolute Gasteiger partial charge is 0.255 e. The van der Waals surface area contributed by atoms with Gasteiger partial charge in [0.05, 0.1) is 6.04 Å². The predicted molar refractivity (Wildman–Crippen MR) is 129 cm³/mol. The number of hydrogen-bond donors (Lipinski definition) is 3. The largest absolute Gasteiger partial charge is 0.345 e. The minimum absolute atomic E-state index is 0.00146. The molecule has 3 aromatic rings. The van der Waals surface area contributed by atoms with Crippen LogP contribution in [0.5, 0.6) is 0 Å². The molecule has 1 aliphatic heterocycles. The second kappa shape index (κ2) is 10.3. The van der Waals surface area contributed by atoms with Gasteiger partial charge in [0.1, 0.15) is 0 Å². The molecule has 4 rings (SSSR count). The Morgan fingerprint density at radius 3 is 1.68 bits per heavy atom. The minimum atomic E-state index is -0.461. The highest BCUT2D eigenvalue weighted by molar-refractivity contribution is 6.11. The summed E-state index contributed by atoms with van der Waals surface area (Å²) in [7, 11) is 0. The van der Waals surface area contributed by atoms with Crippen molar-refractivity contribution in [3.63, 3.8) is 0 Å². The van der Waals surface area contributed by atoms with Gasteiger partial charge < -0.3 is 16.0 Å². The lowest BCUT2D eigenvalue weighted by atomic mass is 10.00. The Bertz CT molecular complexity index is 1190. The van der Waals surface area contributed by atoms with Crippen molar-refractivity contribution in [2.24, 2.45) is 10.9 Å². The van der Waals surface area contributed by atoms with Gasteiger partial charge in [0, 0.05) is 71.2 Å². The fourth-order valence-corrected chi connectivity index (χ4v) is 3.31. The number of aliphatic imine (C=N–C) groups is 1. The summed E-state index contributed by atoms with van der Waals surface area (Å²) in [6.07, 6.45) is 11.4. The van der Waals surface area contributed by atoms with Gasteiger partial charge in [0.2, 0.25) is 0 Å². The van der Waals surface area contributed by atoms with E-state index in [2.05, 4.69) is 30.9 Å². The summed E-state index contributed by atoms with van der Waals surface area (Å²) in [5.74, 6) is -1.33. The number of rotatable bonds is 6. The molecule has 1 aliphatic rings. The first-order valence-electron chi connectivity index (χ1n) is 10.6. The second-order valence-electron chi connectivity index (χ2n) is 7.68. The van der Waals surface area contributed by atoms with Gasteiger partial charge in [-0.3, -0.25) is 29.3 Å². The molecule has 0 saturated heterocycles. The molecule has 0 fully saturated rings. The second-order valence-corrected chi connectivity index (χ2v) is 7.68. The van der Waals surface area contributed by atoms with Gasteiger partial charge in [0.15, 0.2) is 0 Å². The maximum atomic E-state index is 13.1. The Balaban J connectivity index is 1.63. The van der Waals surface area contributed by atoms with E-state index in [0.717, 1.165) is 0 Å². The summed E-state index contributed by atoms with van der Waals surface area (Å²) >= 11 is 0. The summed E-state index contributed by atoms with van der Waals surface area (Å²) in [5.41, 5.74) is 1.60. The van der Waals surface area contributed by atoms with E-state index in [1.165, 1.54) is 18.2 Å². The van der Waals surface area contributed by atoms with Crippen LogP contribution in [-0.2, 0) is 0 Å². The number of anilines is 2. The summed E-state index contributed by atoms with van der Waals surface area (Å²) in [6, 6.07) is 10.7. The summed E-state index contributed by atoms with van der Waals surface area (Å²) in [4.78, 5) is 50.8. The van der Waals surface area contributed by atoms with Crippen LogP contribution in [0.3, 0.4) is 0 Å². The number of carbonyl (C=O) groups is 3. The van der Waals surface area contributed by atoms with Crippen molar-refractivity contribution < 1.29 is 14.4 Å². The zero-order valence-electron chi connectivity index (χ0n) is 18.3. The average molecular weight is 454 g/mol. The maximum absolute atomic E-state index is 13.1. The van der Waals surface area contributed by atoms with E-state index < -0.39 is 17.7 Å². The van der Waals surface area contributed by atoms with Crippen molar-refractivity contribution in [1.29, 1.82) is 0 Å². The molecule has 0 saturated carbocycles. The minimum Gasteiger partial charge on any atom is -0.345 e. The normalized spacial score (nSPS) is 16.5. The first-order chi connectivity index (χ1) is 16.5. The summed E-state index contributed by atoms with van der Waals surface area (Å²) < 4.78 is 0. The van der Waals surface area contributed by atoms with Crippen molar-refractivity contribution >= 4 is 35.3 Å². The molecule has 3 amide bonds. The zero-order valence-corrected chi connectivity index (χ0v) is 18.3. The third-order valence-corrected chi connectivity index (χ3v) is 5.16. The molecule has 2 aromatic heterocycles. The molecular weight excluding hydrogens is 432 g/mol. The van der Waals surface area contributed by atoms with Gasteiger partial charge in [0.25, 0.3) is 17.7 Å². The molecule has 34 heavy (non-hydrogen) atoms. The Morgan fingerprint density at radius 1 is 0.735 bits per heavy atom. The highest BCUT2D eigenvalue weighted by Crippen LogP contribution is 2.17. The van der Waals surface area contributed by atoms with Crippen LogP contribution < -0.4 is 16.0 Å². The fourth-order valence-electron chi connectivity index (χ4n) is 3.31. The van der Waals surface area contributed by atoms with Crippen molar-refractivity contribution in [2.45, 2.75) is 13.0 Å². The van der Waals surface area contributed by atoms with E-state index in [-0.39, 0.29) is 28.7 Å². The highest BCUT2D eigenvalue weighted by Gasteiger charge is 2.21. The quantitative estimate of drug-likeness (QED) is 0.527. The molecule has 9 nitrogen and oxygen atoms in total. The van der Waals surface area contributed by atoms with E-state index in [4.69, 9.17) is 0 Å². The Morgan fingerprint density at radius 2 is 1.21 bits per heavy atom. The Kier molecular flexibility index (Phi) is 6.83. The molecule has 2 atom stereocenters. The number of nitrogens with one attached hydrogen (secondary N) is 3. The molecule has 0 aliphatic carbocycles. The van der Waals surface area contributed by atoms with Crippen LogP contribution in [0, 0.1) is 5.92 Å². The van der Waals surface area contributed by atoms with Crippen molar-refractivity contribution in [2.75, 3.05) is 10.6 Å². The molecule has 1 aromatic carbocycles. The summed E-state index contributed by atoms with van der Waals surface area (Å²) in [5, 5.41) is 8.42. The third-order valence-electron chi connectivity index (χ3n) is 5.16.